The Balaban J connectivity index is 2.14. The van der Waals surface area contributed by atoms with E-state index in [2.05, 4.69) is 4.98 Å². The van der Waals surface area contributed by atoms with E-state index in [-0.39, 0.29) is 11.4 Å². The molecule has 0 aliphatic heterocycles. The number of pyridine rings is 1. The smallest absolute Gasteiger partial charge is 0.354 e. The fourth-order valence-corrected chi connectivity index (χ4v) is 3.07. The van der Waals surface area contributed by atoms with Crippen LogP contribution in [-0.4, -0.2) is 31.7 Å². The predicted molar refractivity (Wildman–Crippen MR) is 92.5 cm³/mol. The number of aromatic carboxylic acids is 2. The summed E-state index contributed by atoms with van der Waals surface area (Å²) in [7, 11) is 0. The molecular weight excluding hydrogens is 320 g/mol. The molecule has 2 N–H and O–H groups in total. The average molecular weight is 332 g/mol. The molecule has 0 radical (unpaired) electrons. The number of aromatic nitrogens is 2. The lowest BCUT2D eigenvalue weighted by Gasteiger charge is -2.09. The van der Waals surface area contributed by atoms with Crippen LogP contribution >= 0.6 is 0 Å². The third-order valence-corrected chi connectivity index (χ3v) is 4.09. The van der Waals surface area contributed by atoms with E-state index in [1.54, 1.807) is 0 Å². The van der Waals surface area contributed by atoms with Crippen LogP contribution in [0.4, 0.5) is 0 Å². The lowest BCUT2D eigenvalue weighted by atomic mass is 10.2. The maximum Gasteiger partial charge on any atom is 0.354 e. The van der Waals surface area contributed by atoms with Gasteiger partial charge in [-0.05, 0) is 24.3 Å². The Morgan fingerprint density at radius 3 is 1.64 bits per heavy atom. The Bertz CT molecular complexity index is 1080. The zero-order valence-electron chi connectivity index (χ0n) is 12.9. The van der Waals surface area contributed by atoms with Gasteiger partial charge in [-0.25, -0.2) is 14.6 Å². The van der Waals surface area contributed by atoms with Gasteiger partial charge >= 0.3 is 11.9 Å². The van der Waals surface area contributed by atoms with E-state index >= 15 is 0 Å². The summed E-state index contributed by atoms with van der Waals surface area (Å²) >= 11 is 0. The van der Waals surface area contributed by atoms with Crippen molar-refractivity contribution in [1.29, 1.82) is 0 Å². The lowest BCUT2D eigenvalue weighted by molar-refractivity contribution is 0.0685. The molecule has 4 aromatic rings. The molecule has 0 spiro atoms. The van der Waals surface area contributed by atoms with Crippen LogP contribution < -0.4 is 0 Å². The number of hydrogen-bond acceptors (Lipinski definition) is 3. The van der Waals surface area contributed by atoms with Crippen molar-refractivity contribution in [3.63, 3.8) is 0 Å². The minimum Gasteiger partial charge on any atom is -0.477 e. The number of carboxylic acid groups (broad SMARTS) is 2. The molecule has 6 nitrogen and oxygen atoms in total. The van der Waals surface area contributed by atoms with Crippen LogP contribution in [0.5, 0.6) is 0 Å². The molecule has 6 heteroatoms. The molecule has 25 heavy (non-hydrogen) atoms. The molecule has 4 rings (SSSR count). The van der Waals surface area contributed by atoms with Gasteiger partial charge in [0.25, 0.3) is 0 Å². The summed E-state index contributed by atoms with van der Waals surface area (Å²) in [5.74, 6) is -2.55. The molecule has 122 valence electrons. The maximum atomic E-state index is 11.4. The van der Waals surface area contributed by atoms with Crippen molar-refractivity contribution in [2.24, 2.45) is 0 Å². The first-order chi connectivity index (χ1) is 12.1. The van der Waals surface area contributed by atoms with Gasteiger partial charge in [0.15, 0.2) is 11.4 Å². The van der Waals surface area contributed by atoms with Crippen molar-refractivity contribution in [2.75, 3.05) is 0 Å². The lowest BCUT2D eigenvalue weighted by Crippen LogP contribution is -2.09. The van der Waals surface area contributed by atoms with Crippen molar-refractivity contribution in [2.45, 2.75) is 0 Å². The highest BCUT2D eigenvalue weighted by molar-refractivity contribution is 6.09. The Hall–Kier alpha value is -3.67. The van der Waals surface area contributed by atoms with Gasteiger partial charge in [-0.15, -0.1) is 0 Å². The largest absolute Gasteiger partial charge is 0.477 e. The molecule has 0 aliphatic rings. The molecule has 0 saturated carbocycles. The number of carbonyl (C=O) groups is 2. The van der Waals surface area contributed by atoms with Crippen LogP contribution in [0.1, 0.15) is 21.0 Å². The fraction of sp³-hybridized carbons (Fsp3) is 0. The second-order valence-electron chi connectivity index (χ2n) is 5.58. The first kappa shape index (κ1) is 14.9. The van der Waals surface area contributed by atoms with E-state index in [0.717, 1.165) is 21.8 Å². The van der Waals surface area contributed by atoms with Gasteiger partial charge in [0.05, 0.1) is 16.7 Å². The highest BCUT2D eigenvalue weighted by atomic mass is 16.4. The van der Waals surface area contributed by atoms with Crippen LogP contribution in [-0.2, 0) is 0 Å². The van der Waals surface area contributed by atoms with E-state index < -0.39 is 11.9 Å². The SMILES string of the molecule is O=C(O)c1cc(-n2c3ccccc3c3ccccc32)cc(C(=O)O)n1. The summed E-state index contributed by atoms with van der Waals surface area (Å²) in [5.41, 5.74) is 1.56. The number of fused-ring (bicyclic) bond motifs is 3. The van der Waals surface area contributed by atoms with E-state index in [0.29, 0.717) is 5.69 Å². The second-order valence-corrected chi connectivity index (χ2v) is 5.58. The standard InChI is InChI=1S/C19H12N2O4/c22-18(23)14-9-11(10-15(20-14)19(24)25)21-16-7-3-1-5-12(16)13-6-2-4-8-17(13)21/h1-10H,(H,22,23)(H,24,25). The van der Waals surface area contributed by atoms with Gasteiger partial charge in [-0.1, -0.05) is 36.4 Å². The van der Waals surface area contributed by atoms with E-state index in [9.17, 15) is 19.8 Å². The number of hydrogen-bond donors (Lipinski definition) is 2. The van der Waals surface area contributed by atoms with Crippen LogP contribution in [0.25, 0.3) is 27.5 Å². The summed E-state index contributed by atoms with van der Waals surface area (Å²) < 4.78 is 1.85. The number of benzene rings is 2. The first-order valence-electron chi connectivity index (χ1n) is 7.53. The predicted octanol–water partition coefficient (Wildman–Crippen LogP) is 3.58. The molecule has 0 bridgehead atoms. The molecular formula is C19H12N2O4. The fourth-order valence-electron chi connectivity index (χ4n) is 3.07. The Morgan fingerprint density at radius 2 is 1.20 bits per heavy atom. The zero-order valence-corrected chi connectivity index (χ0v) is 12.9. The Kier molecular flexibility index (Phi) is 3.25. The molecule has 0 unspecified atom stereocenters. The van der Waals surface area contributed by atoms with Crippen LogP contribution in [0.2, 0.25) is 0 Å². The minimum atomic E-state index is -1.27. The molecule has 0 aliphatic carbocycles. The second kappa shape index (κ2) is 5.45. The van der Waals surface area contributed by atoms with Crippen molar-refractivity contribution >= 4 is 33.7 Å². The molecule has 0 amide bonds. The molecule has 2 heterocycles. The molecule has 2 aromatic carbocycles. The van der Waals surface area contributed by atoms with Crippen LogP contribution in [0.3, 0.4) is 0 Å². The Morgan fingerprint density at radius 1 is 0.760 bits per heavy atom. The van der Waals surface area contributed by atoms with Gasteiger partial charge in [0.2, 0.25) is 0 Å². The number of para-hydroxylation sites is 2. The maximum absolute atomic E-state index is 11.4. The van der Waals surface area contributed by atoms with E-state index in [1.165, 1.54) is 12.1 Å². The molecule has 0 saturated heterocycles. The van der Waals surface area contributed by atoms with Crippen LogP contribution in [0, 0.1) is 0 Å². The van der Waals surface area contributed by atoms with Crippen molar-refractivity contribution in [1.82, 2.24) is 9.55 Å². The van der Waals surface area contributed by atoms with E-state index in [4.69, 9.17) is 0 Å². The third-order valence-electron chi connectivity index (χ3n) is 4.09. The first-order valence-corrected chi connectivity index (χ1v) is 7.53. The highest BCUT2D eigenvalue weighted by Crippen LogP contribution is 2.32. The van der Waals surface area contributed by atoms with Gasteiger partial charge < -0.3 is 14.8 Å². The number of rotatable bonds is 3. The summed E-state index contributed by atoms with van der Waals surface area (Å²) in [6.45, 7) is 0. The van der Waals surface area contributed by atoms with Crippen molar-refractivity contribution in [3.8, 4) is 5.69 Å². The molecule has 0 fully saturated rings. The molecule has 0 atom stereocenters. The zero-order chi connectivity index (χ0) is 17.6. The highest BCUT2D eigenvalue weighted by Gasteiger charge is 2.17. The van der Waals surface area contributed by atoms with Crippen molar-refractivity contribution in [3.05, 3.63) is 72.1 Å². The van der Waals surface area contributed by atoms with Crippen molar-refractivity contribution < 1.29 is 19.8 Å². The number of nitrogens with zero attached hydrogens (tertiary/aromatic N) is 2. The molecule has 2 aromatic heterocycles. The average Bonchev–Trinajstić information content (AvgIpc) is 2.96. The normalized spacial score (nSPS) is 11.0. The van der Waals surface area contributed by atoms with Crippen LogP contribution in [0.15, 0.2) is 60.7 Å². The summed E-state index contributed by atoms with van der Waals surface area (Å²) in [4.78, 5) is 26.4. The summed E-state index contributed by atoms with van der Waals surface area (Å²) in [6, 6.07) is 18.2. The quantitative estimate of drug-likeness (QED) is 0.598. The van der Waals surface area contributed by atoms with E-state index in [1.807, 2.05) is 53.1 Å². The van der Waals surface area contributed by atoms with Gasteiger partial charge in [0, 0.05) is 10.8 Å². The monoisotopic (exact) mass is 332 g/mol. The third kappa shape index (κ3) is 2.31. The topological polar surface area (TPSA) is 92.4 Å². The summed E-state index contributed by atoms with van der Waals surface area (Å²) in [6.07, 6.45) is 0. The van der Waals surface area contributed by atoms with Gasteiger partial charge in [0.1, 0.15) is 0 Å². The summed E-state index contributed by atoms with van der Waals surface area (Å²) in [5, 5.41) is 20.6. The Labute approximate surface area is 141 Å². The number of carboxylic acids is 2. The minimum absolute atomic E-state index is 0.309. The van der Waals surface area contributed by atoms with Gasteiger partial charge in [-0.2, -0.15) is 0 Å². The van der Waals surface area contributed by atoms with Gasteiger partial charge in [-0.3, -0.25) is 0 Å².